The fourth-order valence-corrected chi connectivity index (χ4v) is 0.615. The van der Waals surface area contributed by atoms with Gasteiger partial charge in [0.2, 0.25) is 0 Å². The normalized spacial score (nSPS) is 8.25. The van der Waals surface area contributed by atoms with Gasteiger partial charge in [0.15, 0.2) is 0 Å². The summed E-state index contributed by atoms with van der Waals surface area (Å²) in [5.74, 6) is 0. The molecule has 1 rings (SSSR count). The Morgan fingerprint density at radius 3 is 2.42 bits per heavy atom. The Hall–Kier alpha value is -1.25. The second-order valence-corrected chi connectivity index (χ2v) is 2.31. The summed E-state index contributed by atoms with van der Waals surface area (Å²) in [5.41, 5.74) is 1.31. The highest BCUT2D eigenvalue weighted by molar-refractivity contribution is 5.36. The van der Waals surface area contributed by atoms with E-state index in [0.717, 1.165) is 0 Å². The maximum Gasteiger partial charge on any atom is 0.293 e. The Labute approximate surface area is 73.0 Å². The van der Waals surface area contributed by atoms with Gasteiger partial charge in [-0.1, -0.05) is 0 Å². The van der Waals surface area contributed by atoms with E-state index in [4.69, 9.17) is 0 Å². The van der Waals surface area contributed by atoms with Gasteiger partial charge in [-0.05, 0) is 26.0 Å². The van der Waals surface area contributed by atoms with Crippen LogP contribution in [0.15, 0.2) is 18.3 Å². The lowest BCUT2D eigenvalue weighted by molar-refractivity contribution is -0.128. The highest BCUT2D eigenvalue weighted by atomic mass is 16.5. The molecule has 1 aromatic rings. The van der Waals surface area contributed by atoms with Crippen LogP contribution in [-0.2, 0) is 16.6 Å². The maximum atomic E-state index is 9.18. The number of carbonyl (C=O) groups excluding carboxylic acids is 1. The zero-order valence-electron chi connectivity index (χ0n) is 7.78. The van der Waals surface area contributed by atoms with Gasteiger partial charge in [0.1, 0.15) is 0 Å². The molecule has 0 aliphatic heterocycles. The Bertz CT molecular complexity index is 202. The molecule has 1 heterocycles. The quantitative estimate of drug-likeness (QED) is 0.628. The molecule has 0 fully saturated rings. The van der Waals surface area contributed by atoms with Gasteiger partial charge < -0.3 is 9.30 Å². The third-order valence-corrected chi connectivity index (χ3v) is 1.44. The highest BCUT2D eigenvalue weighted by Crippen LogP contribution is 1.93. The molecule has 0 unspecified atom stereocenters. The van der Waals surface area contributed by atoms with Crippen LogP contribution in [0, 0.1) is 6.92 Å². The molecule has 3 nitrogen and oxygen atoms in total. The first kappa shape index (κ1) is 10.8. The molecule has 0 aliphatic carbocycles. The van der Waals surface area contributed by atoms with E-state index < -0.39 is 0 Å². The number of rotatable bonds is 2. The molecule has 0 N–H and O–H groups in total. The van der Waals surface area contributed by atoms with Gasteiger partial charge in [-0.3, -0.25) is 4.79 Å². The lowest BCUT2D eigenvalue weighted by Crippen LogP contribution is -1.84. The zero-order valence-corrected chi connectivity index (χ0v) is 7.78. The van der Waals surface area contributed by atoms with Crippen molar-refractivity contribution in [3.63, 3.8) is 0 Å². The minimum Gasteiger partial charge on any atom is -0.468 e. The molecule has 0 saturated heterocycles. The number of hydrogen-bond donors (Lipinski definition) is 0. The van der Waals surface area contributed by atoms with Crippen molar-refractivity contribution < 1.29 is 9.53 Å². The van der Waals surface area contributed by atoms with Crippen molar-refractivity contribution in [2.75, 3.05) is 6.61 Å². The summed E-state index contributed by atoms with van der Waals surface area (Å²) in [6.45, 7) is 4.75. The first-order valence-corrected chi connectivity index (χ1v) is 3.85. The van der Waals surface area contributed by atoms with Crippen LogP contribution in [0.5, 0.6) is 0 Å². The molecule has 1 aromatic heterocycles. The third-order valence-electron chi connectivity index (χ3n) is 1.44. The summed E-state index contributed by atoms with van der Waals surface area (Å²) < 4.78 is 6.24. The molecule has 3 heteroatoms. The fraction of sp³-hybridized carbons (Fsp3) is 0.444. The van der Waals surface area contributed by atoms with Crippen LogP contribution in [0.4, 0.5) is 0 Å². The van der Waals surface area contributed by atoms with Gasteiger partial charge in [-0.25, -0.2) is 0 Å². The minimum atomic E-state index is 0.431. The van der Waals surface area contributed by atoms with Gasteiger partial charge in [0, 0.05) is 18.9 Å². The number of aryl methyl sites for hydroxylation is 2. The largest absolute Gasteiger partial charge is 0.468 e. The first-order valence-electron chi connectivity index (χ1n) is 3.85. The predicted molar refractivity (Wildman–Crippen MR) is 47.8 cm³/mol. The molecule has 0 radical (unpaired) electrons. The topological polar surface area (TPSA) is 31.2 Å². The summed E-state index contributed by atoms with van der Waals surface area (Å²) in [4.78, 5) is 9.18. The molecule has 68 valence electrons. The molecule has 0 atom stereocenters. The van der Waals surface area contributed by atoms with Crippen LogP contribution in [0.1, 0.15) is 12.6 Å². The van der Waals surface area contributed by atoms with Crippen LogP contribution in [0.2, 0.25) is 0 Å². The number of carbonyl (C=O) groups is 1. The molecular formula is C9H15NO2. The van der Waals surface area contributed by atoms with Crippen molar-refractivity contribution in [1.29, 1.82) is 0 Å². The van der Waals surface area contributed by atoms with Crippen LogP contribution in [0.3, 0.4) is 0 Å². The van der Waals surface area contributed by atoms with Crippen LogP contribution in [-0.4, -0.2) is 17.6 Å². The average Bonchev–Trinajstić information content (AvgIpc) is 2.39. The van der Waals surface area contributed by atoms with E-state index in [1.54, 1.807) is 6.92 Å². The van der Waals surface area contributed by atoms with Crippen molar-refractivity contribution in [2.45, 2.75) is 13.8 Å². The summed E-state index contributed by atoms with van der Waals surface area (Å²) >= 11 is 0. The molecule has 0 bridgehead atoms. The molecule has 12 heavy (non-hydrogen) atoms. The van der Waals surface area contributed by atoms with Gasteiger partial charge in [0.25, 0.3) is 6.47 Å². The average molecular weight is 169 g/mol. The fourth-order valence-electron chi connectivity index (χ4n) is 0.615. The number of aromatic nitrogens is 1. The van der Waals surface area contributed by atoms with Gasteiger partial charge in [-0.15, -0.1) is 0 Å². The second-order valence-electron chi connectivity index (χ2n) is 2.31. The Morgan fingerprint density at radius 1 is 1.67 bits per heavy atom. The number of nitrogens with zero attached hydrogens (tertiary/aromatic N) is 1. The Kier molecular flexibility index (Phi) is 5.79. The van der Waals surface area contributed by atoms with Crippen molar-refractivity contribution in [3.05, 3.63) is 24.0 Å². The summed E-state index contributed by atoms with van der Waals surface area (Å²) in [6.07, 6.45) is 2.04. The van der Waals surface area contributed by atoms with E-state index in [1.165, 1.54) is 5.69 Å². The third kappa shape index (κ3) is 4.55. The van der Waals surface area contributed by atoms with E-state index in [-0.39, 0.29) is 0 Å². The van der Waals surface area contributed by atoms with E-state index in [9.17, 15) is 4.79 Å². The van der Waals surface area contributed by atoms with Gasteiger partial charge >= 0.3 is 0 Å². The van der Waals surface area contributed by atoms with Gasteiger partial charge in [0.05, 0.1) is 6.61 Å². The SMILES string of the molecule is CCOC=O.Cc1cccn1C. The standard InChI is InChI=1S/C6H9N.C3H6O2/c1-6-4-3-5-7(6)2;1-2-5-3-4/h3-5H,1-2H3;3H,2H2,1H3. The number of hydrogen-bond acceptors (Lipinski definition) is 2. The molecule has 0 aliphatic rings. The summed E-state index contributed by atoms with van der Waals surface area (Å²) in [6, 6.07) is 4.12. The monoisotopic (exact) mass is 169 g/mol. The smallest absolute Gasteiger partial charge is 0.293 e. The molecule has 0 spiro atoms. The van der Waals surface area contributed by atoms with Crippen LogP contribution >= 0.6 is 0 Å². The van der Waals surface area contributed by atoms with E-state index in [2.05, 4.69) is 22.3 Å². The number of ether oxygens (including phenoxy) is 1. The highest BCUT2D eigenvalue weighted by Gasteiger charge is 1.82. The molecule has 0 aromatic carbocycles. The second kappa shape index (κ2) is 6.46. The lowest BCUT2D eigenvalue weighted by atomic mass is 10.5. The Morgan fingerprint density at radius 2 is 2.33 bits per heavy atom. The predicted octanol–water partition coefficient (Wildman–Crippen LogP) is 1.51. The molecule has 0 saturated carbocycles. The van der Waals surface area contributed by atoms with E-state index >= 15 is 0 Å². The molecule has 0 amide bonds. The van der Waals surface area contributed by atoms with Crippen molar-refractivity contribution >= 4 is 6.47 Å². The van der Waals surface area contributed by atoms with Crippen LogP contribution in [0.25, 0.3) is 0 Å². The van der Waals surface area contributed by atoms with Crippen LogP contribution < -0.4 is 0 Å². The summed E-state index contributed by atoms with van der Waals surface area (Å²) in [5, 5.41) is 0. The first-order chi connectivity index (χ1) is 5.72. The lowest BCUT2D eigenvalue weighted by Gasteiger charge is -1.89. The van der Waals surface area contributed by atoms with E-state index in [1.807, 2.05) is 19.3 Å². The van der Waals surface area contributed by atoms with Crippen molar-refractivity contribution in [1.82, 2.24) is 4.57 Å². The maximum absolute atomic E-state index is 9.18. The van der Waals surface area contributed by atoms with Crippen molar-refractivity contribution in [2.24, 2.45) is 7.05 Å². The Balaban J connectivity index is 0.000000217. The van der Waals surface area contributed by atoms with Crippen molar-refractivity contribution in [3.8, 4) is 0 Å². The summed E-state index contributed by atoms with van der Waals surface area (Å²) in [7, 11) is 2.04. The van der Waals surface area contributed by atoms with Gasteiger partial charge in [-0.2, -0.15) is 0 Å². The zero-order chi connectivity index (χ0) is 9.40. The molecular weight excluding hydrogens is 154 g/mol. The van der Waals surface area contributed by atoms with E-state index in [0.29, 0.717) is 13.1 Å². The minimum absolute atomic E-state index is 0.431.